The van der Waals surface area contributed by atoms with Gasteiger partial charge in [0.15, 0.2) is 6.61 Å². The number of aryl methyl sites for hydroxylation is 3. The van der Waals surface area contributed by atoms with Crippen molar-refractivity contribution in [3.05, 3.63) is 57.6 Å². The van der Waals surface area contributed by atoms with E-state index in [1.54, 1.807) is 0 Å². The van der Waals surface area contributed by atoms with Crippen molar-refractivity contribution in [1.29, 1.82) is 0 Å². The summed E-state index contributed by atoms with van der Waals surface area (Å²) in [5.41, 5.74) is 3.42. The molecule has 0 saturated heterocycles. The van der Waals surface area contributed by atoms with Crippen LogP contribution in [0.4, 0.5) is 0 Å². The van der Waals surface area contributed by atoms with Crippen molar-refractivity contribution in [3.63, 3.8) is 0 Å². The number of ether oxygens (including phenoxy) is 2. The van der Waals surface area contributed by atoms with Crippen molar-refractivity contribution in [3.8, 4) is 11.5 Å². The molecule has 0 aromatic heterocycles. The van der Waals surface area contributed by atoms with E-state index in [1.807, 2.05) is 52.0 Å². The van der Waals surface area contributed by atoms with Crippen LogP contribution in [0.5, 0.6) is 11.5 Å². The average Bonchev–Trinajstić information content (AvgIpc) is 2.62. The molecule has 0 radical (unpaired) electrons. The fourth-order valence-electron chi connectivity index (χ4n) is 2.72. The number of hydrogen-bond donors (Lipinski definition) is 1. The summed E-state index contributed by atoms with van der Waals surface area (Å²) in [5.74, 6) is 1.50. The second kappa shape index (κ2) is 10.4. The number of amides is 1. The monoisotopic (exact) mass is 433 g/mol. The van der Waals surface area contributed by atoms with Crippen LogP contribution in [-0.2, 0) is 11.2 Å². The van der Waals surface area contributed by atoms with Crippen LogP contribution < -0.4 is 14.8 Å². The molecule has 2 aromatic rings. The summed E-state index contributed by atoms with van der Waals surface area (Å²) in [4.78, 5) is 11.9. The van der Waals surface area contributed by atoms with Crippen LogP contribution in [0.15, 0.2) is 40.9 Å². The number of carbonyl (C=O) groups excluding carboxylic acids is 1. The van der Waals surface area contributed by atoms with Gasteiger partial charge in [-0.2, -0.15) is 0 Å². The minimum atomic E-state index is -0.103. The molecule has 0 heterocycles. The van der Waals surface area contributed by atoms with E-state index in [-0.39, 0.29) is 18.6 Å². The molecule has 0 saturated carbocycles. The molecule has 0 fully saturated rings. The normalized spacial score (nSPS) is 10.7. The fraction of sp³-hybridized carbons (Fsp3) is 0.409. The molecule has 5 heteroatoms. The standard InChI is InChI=1S/C22H28BrNO3/c1-15(2)27-19-9-7-18(8-10-19)6-5-11-24-21(25)14-26-20-12-16(3)22(23)17(4)13-20/h7-10,12-13,15H,5-6,11,14H2,1-4H3,(H,24,25). The van der Waals surface area contributed by atoms with Crippen molar-refractivity contribution in [2.75, 3.05) is 13.2 Å². The summed E-state index contributed by atoms with van der Waals surface area (Å²) >= 11 is 3.53. The number of nitrogens with one attached hydrogen (secondary N) is 1. The molecule has 4 nitrogen and oxygen atoms in total. The van der Waals surface area contributed by atoms with Crippen LogP contribution in [0, 0.1) is 13.8 Å². The Morgan fingerprint density at radius 2 is 1.70 bits per heavy atom. The van der Waals surface area contributed by atoms with E-state index in [2.05, 4.69) is 33.4 Å². The lowest BCUT2D eigenvalue weighted by Gasteiger charge is -2.11. The average molecular weight is 434 g/mol. The molecule has 2 aromatic carbocycles. The zero-order chi connectivity index (χ0) is 19.8. The summed E-state index contributed by atoms with van der Waals surface area (Å²) in [6, 6.07) is 12.0. The maximum Gasteiger partial charge on any atom is 0.257 e. The maximum absolute atomic E-state index is 11.9. The van der Waals surface area contributed by atoms with Crippen molar-refractivity contribution in [2.45, 2.75) is 46.6 Å². The Morgan fingerprint density at radius 3 is 2.30 bits per heavy atom. The fourth-order valence-corrected chi connectivity index (χ4v) is 2.95. The third-order valence-electron chi connectivity index (χ3n) is 4.04. The van der Waals surface area contributed by atoms with Gasteiger partial charge in [-0.3, -0.25) is 4.79 Å². The van der Waals surface area contributed by atoms with Crippen LogP contribution >= 0.6 is 15.9 Å². The van der Waals surface area contributed by atoms with Gasteiger partial charge in [0.25, 0.3) is 5.91 Å². The van der Waals surface area contributed by atoms with E-state index in [9.17, 15) is 4.79 Å². The summed E-state index contributed by atoms with van der Waals surface area (Å²) in [5, 5.41) is 2.90. The Labute approximate surface area is 170 Å². The van der Waals surface area contributed by atoms with Crippen molar-refractivity contribution >= 4 is 21.8 Å². The van der Waals surface area contributed by atoms with E-state index >= 15 is 0 Å². The van der Waals surface area contributed by atoms with Gasteiger partial charge in [0.2, 0.25) is 0 Å². The highest BCUT2D eigenvalue weighted by Gasteiger charge is 2.06. The smallest absolute Gasteiger partial charge is 0.257 e. The first-order chi connectivity index (χ1) is 12.8. The quantitative estimate of drug-likeness (QED) is 0.567. The van der Waals surface area contributed by atoms with Crippen LogP contribution in [-0.4, -0.2) is 25.2 Å². The molecule has 2 rings (SSSR count). The number of carbonyl (C=O) groups is 1. The first kappa shape index (κ1) is 21.3. The number of halogens is 1. The van der Waals surface area contributed by atoms with Crippen LogP contribution in [0.25, 0.3) is 0 Å². The summed E-state index contributed by atoms with van der Waals surface area (Å²) in [6.45, 7) is 8.70. The lowest BCUT2D eigenvalue weighted by molar-refractivity contribution is -0.123. The maximum atomic E-state index is 11.9. The summed E-state index contributed by atoms with van der Waals surface area (Å²) in [6.07, 6.45) is 1.97. The van der Waals surface area contributed by atoms with Gasteiger partial charge < -0.3 is 14.8 Å². The molecule has 1 amide bonds. The van der Waals surface area contributed by atoms with E-state index < -0.39 is 0 Å². The molecule has 0 spiro atoms. The minimum absolute atomic E-state index is 0.0295. The summed E-state index contributed by atoms with van der Waals surface area (Å²) < 4.78 is 12.3. The predicted molar refractivity (Wildman–Crippen MR) is 113 cm³/mol. The Balaban J connectivity index is 1.67. The molecule has 0 unspecified atom stereocenters. The van der Waals surface area contributed by atoms with Crippen LogP contribution in [0.3, 0.4) is 0 Å². The minimum Gasteiger partial charge on any atom is -0.491 e. The van der Waals surface area contributed by atoms with Gasteiger partial charge in [-0.15, -0.1) is 0 Å². The number of benzene rings is 2. The van der Waals surface area contributed by atoms with Gasteiger partial charge in [0.1, 0.15) is 11.5 Å². The van der Waals surface area contributed by atoms with E-state index in [4.69, 9.17) is 9.47 Å². The molecule has 0 bridgehead atoms. The van der Waals surface area contributed by atoms with Crippen molar-refractivity contribution < 1.29 is 14.3 Å². The van der Waals surface area contributed by atoms with Crippen LogP contribution in [0.1, 0.15) is 37.0 Å². The Morgan fingerprint density at radius 1 is 1.07 bits per heavy atom. The molecule has 1 N–H and O–H groups in total. The highest BCUT2D eigenvalue weighted by Crippen LogP contribution is 2.26. The predicted octanol–water partition coefficient (Wildman–Crippen LogP) is 4.98. The highest BCUT2D eigenvalue weighted by atomic mass is 79.9. The first-order valence-electron chi connectivity index (χ1n) is 9.27. The lowest BCUT2D eigenvalue weighted by atomic mass is 10.1. The third-order valence-corrected chi connectivity index (χ3v) is 5.29. The van der Waals surface area contributed by atoms with Gasteiger partial charge in [0.05, 0.1) is 6.10 Å². The number of hydrogen-bond acceptors (Lipinski definition) is 3. The third kappa shape index (κ3) is 7.25. The molecular weight excluding hydrogens is 406 g/mol. The molecule has 0 aliphatic heterocycles. The second-order valence-corrected chi connectivity index (χ2v) is 7.72. The van der Waals surface area contributed by atoms with Gasteiger partial charge in [0, 0.05) is 11.0 Å². The SMILES string of the molecule is Cc1cc(OCC(=O)NCCCc2ccc(OC(C)C)cc2)cc(C)c1Br. The molecule has 0 atom stereocenters. The Kier molecular flexibility index (Phi) is 8.17. The topological polar surface area (TPSA) is 47.6 Å². The largest absolute Gasteiger partial charge is 0.491 e. The zero-order valence-corrected chi connectivity index (χ0v) is 18.1. The van der Waals surface area contributed by atoms with E-state index in [0.29, 0.717) is 12.3 Å². The van der Waals surface area contributed by atoms with Crippen LogP contribution in [0.2, 0.25) is 0 Å². The zero-order valence-electron chi connectivity index (χ0n) is 16.5. The number of rotatable bonds is 9. The molecule has 0 aliphatic carbocycles. The van der Waals surface area contributed by atoms with E-state index in [0.717, 1.165) is 34.2 Å². The molecule has 146 valence electrons. The second-order valence-electron chi connectivity index (χ2n) is 6.92. The molecule has 0 aliphatic rings. The van der Waals surface area contributed by atoms with Crippen molar-refractivity contribution in [1.82, 2.24) is 5.32 Å². The lowest BCUT2D eigenvalue weighted by Crippen LogP contribution is -2.29. The van der Waals surface area contributed by atoms with Gasteiger partial charge >= 0.3 is 0 Å². The Bertz CT molecular complexity index is 734. The van der Waals surface area contributed by atoms with Crippen molar-refractivity contribution in [2.24, 2.45) is 0 Å². The molecule has 27 heavy (non-hydrogen) atoms. The van der Waals surface area contributed by atoms with Gasteiger partial charge in [-0.05, 0) is 81.5 Å². The molecular formula is C22H28BrNO3. The first-order valence-corrected chi connectivity index (χ1v) is 10.1. The van der Waals surface area contributed by atoms with E-state index in [1.165, 1.54) is 5.56 Å². The van der Waals surface area contributed by atoms with Gasteiger partial charge in [-0.1, -0.05) is 28.1 Å². The highest BCUT2D eigenvalue weighted by molar-refractivity contribution is 9.10. The Hall–Kier alpha value is -2.01. The summed E-state index contributed by atoms with van der Waals surface area (Å²) in [7, 11) is 0. The van der Waals surface area contributed by atoms with Gasteiger partial charge in [-0.25, -0.2) is 0 Å².